The first-order valence-electron chi connectivity index (χ1n) is 13.7. The van der Waals surface area contributed by atoms with Crippen LogP contribution in [0.2, 0.25) is 0 Å². The normalized spacial score (nSPS) is 33.5. The van der Waals surface area contributed by atoms with E-state index in [0.29, 0.717) is 25.4 Å². The molecule has 7 nitrogen and oxygen atoms in total. The zero-order chi connectivity index (χ0) is 24.5. The molecule has 194 valence electrons. The molecule has 0 spiro atoms. The van der Waals surface area contributed by atoms with Crippen molar-refractivity contribution < 1.29 is 18.9 Å². The molecule has 1 saturated carbocycles. The number of nitrogens with zero attached hydrogens (tertiary/aromatic N) is 1. The van der Waals surface area contributed by atoms with E-state index in [4.69, 9.17) is 18.9 Å². The average Bonchev–Trinajstić information content (AvgIpc) is 3.36. The molecule has 5 aliphatic rings. The van der Waals surface area contributed by atoms with E-state index in [-0.39, 0.29) is 29.9 Å². The van der Waals surface area contributed by atoms with Gasteiger partial charge in [0.15, 0.2) is 5.76 Å². The molecule has 0 aromatic carbocycles. The fourth-order valence-electron chi connectivity index (χ4n) is 6.37. The number of rotatable bonds is 7. The lowest BCUT2D eigenvalue weighted by molar-refractivity contribution is -0.00193. The monoisotopic (exact) mass is 494 g/mol. The van der Waals surface area contributed by atoms with Crippen molar-refractivity contribution in [3.05, 3.63) is 56.7 Å². The van der Waals surface area contributed by atoms with E-state index >= 15 is 0 Å². The molecule has 7 heteroatoms. The zero-order valence-electron chi connectivity index (χ0n) is 21.2. The Labute approximate surface area is 212 Å². The van der Waals surface area contributed by atoms with Crippen molar-refractivity contribution in [3.63, 3.8) is 0 Å². The predicted molar refractivity (Wildman–Crippen MR) is 138 cm³/mol. The summed E-state index contributed by atoms with van der Waals surface area (Å²) in [6.45, 7) is 3.41. The Morgan fingerprint density at radius 1 is 1.22 bits per heavy atom. The van der Waals surface area contributed by atoms with Gasteiger partial charge in [-0.1, -0.05) is 12.2 Å². The molecule has 6 unspecified atom stereocenters. The van der Waals surface area contributed by atoms with E-state index in [9.17, 15) is 4.79 Å². The van der Waals surface area contributed by atoms with Crippen molar-refractivity contribution in [2.24, 2.45) is 11.8 Å². The summed E-state index contributed by atoms with van der Waals surface area (Å²) in [5.74, 6) is 3.03. The molecule has 2 aliphatic heterocycles. The molecule has 1 aromatic rings. The smallest absolute Gasteiger partial charge is 0.258 e. The van der Waals surface area contributed by atoms with Gasteiger partial charge in [0.1, 0.15) is 11.9 Å². The molecule has 2 saturated heterocycles. The summed E-state index contributed by atoms with van der Waals surface area (Å²) in [6, 6.07) is 1.93. The Bertz CT molecular complexity index is 1190. The first-order valence-corrected chi connectivity index (χ1v) is 13.7. The van der Waals surface area contributed by atoms with Crippen LogP contribution in [0.3, 0.4) is 0 Å². The van der Waals surface area contributed by atoms with Crippen molar-refractivity contribution >= 4 is 12.2 Å². The molecule has 3 aliphatic carbocycles. The Morgan fingerprint density at radius 2 is 2.17 bits per heavy atom. The van der Waals surface area contributed by atoms with Gasteiger partial charge in [-0.05, 0) is 80.3 Å². The van der Waals surface area contributed by atoms with Crippen LogP contribution >= 0.6 is 0 Å². The van der Waals surface area contributed by atoms with Crippen LogP contribution in [-0.4, -0.2) is 56.3 Å². The number of methoxy groups -OCH3 is 1. The van der Waals surface area contributed by atoms with Crippen LogP contribution in [0.1, 0.15) is 51.0 Å². The number of nitrogens with one attached hydrogen (secondary N) is 1. The summed E-state index contributed by atoms with van der Waals surface area (Å²) in [7, 11) is 1.70. The number of allylic oxidation sites excluding steroid dienone is 3. The minimum atomic E-state index is -0.101. The zero-order valence-corrected chi connectivity index (χ0v) is 21.2. The first kappa shape index (κ1) is 24.0. The molecule has 3 fully saturated rings. The SMILES string of the molecule is COC1=C(OC2CNCCC3CCC32)C=CC(n2ccc3c(c2=O)=CCC(OCC2CCCO2)C=3)C1. The Morgan fingerprint density at radius 3 is 2.97 bits per heavy atom. The molecule has 36 heavy (non-hydrogen) atoms. The van der Waals surface area contributed by atoms with Crippen molar-refractivity contribution in [3.8, 4) is 0 Å². The first-order chi connectivity index (χ1) is 17.7. The van der Waals surface area contributed by atoms with E-state index in [1.807, 2.05) is 29.0 Å². The van der Waals surface area contributed by atoms with E-state index in [2.05, 4.69) is 17.5 Å². The maximum Gasteiger partial charge on any atom is 0.258 e. The molecule has 3 heterocycles. The second-order valence-electron chi connectivity index (χ2n) is 10.8. The summed E-state index contributed by atoms with van der Waals surface area (Å²) in [5.41, 5.74) is 0.0288. The van der Waals surface area contributed by atoms with Gasteiger partial charge in [0.05, 0.1) is 32.0 Å². The van der Waals surface area contributed by atoms with Crippen molar-refractivity contribution in [2.45, 2.75) is 69.3 Å². The van der Waals surface area contributed by atoms with Crippen LogP contribution in [0.25, 0.3) is 12.2 Å². The third kappa shape index (κ3) is 4.81. The number of hydrogen-bond donors (Lipinski definition) is 1. The van der Waals surface area contributed by atoms with E-state index in [1.54, 1.807) is 7.11 Å². The average molecular weight is 495 g/mol. The van der Waals surface area contributed by atoms with Crippen molar-refractivity contribution in [1.29, 1.82) is 0 Å². The number of fused-ring (bicyclic) bond motifs is 2. The lowest BCUT2D eigenvalue weighted by Crippen LogP contribution is -2.47. The van der Waals surface area contributed by atoms with E-state index in [1.165, 1.54) is 19.3 Å². The third-order valence-corrected chi connectivity index (χ3v) is 8.64. The lowest BCUT2D eigenvalue weighted by atomic mass is 9.69. The third-order valence-electron chi connectivity index (χ3n) is 8.64. The minimum Gasteiger partial charge on any atom is -0.497 e. The summed E-state index contributed by atoms with van der Waals surface area (Å²) in [4.78, 5) is 13.4. The van der Waals surface area contributed by atoms with Gasteiger partial charge in [0.25, 0.3) is 5.56 Å². The molecule has 0 radical (unpaired) electrons. The number of ether oxygens (including phenoxy) is 4. The Hall–Kier alpha value is -2.35. The minimum absolute atomic E-state index is 0.0111. The highest BCUT2D eigenvalue weighted by atomic mass is 16.5. The van der Waals surface area contributed by atoms with Crippen LogP contribution in [0, 0.1) is 11.8 Å². The second kappa shape index (κ2) is 10.6. The maximum atomic E-state index is 13.4. The van der Waals surface area contributed by atoms with E-state index in [0.717, 1.165) is 60.4 Å². The van der Waals surface area contributed by atoms with Gasteiger partial charge in [-0.25, -0.2) is 0 Å². The van der Waals surface area contributed by atoms with Crippen LogP contribution in [0.4, 0.5) is 0 Å². The summed E-state index contributed by atoms with van der Waals surface area (Å²) < 4.78 is 25.8. The molecular weight excluding hydrogens is 456 g/mol. The summed E-state index contributed by atoms with van der Waals surface area (Å²) in [5, 5.41) is 5.24. The van der Waals surface area contributed by atoms with Gasteiger partial charge in [-0.15, -0.1) is 0 Å². The number of aromatic nitrogens is 1. The lowest BCUT2D eigenvalue weighted by Gasteiger charge is -2.40. The molecule has 6 atom stereocenters. The van der Waals surface area contributed by atoms with Gasteiger partial charge >= 0.3 is 0 Å². The molecule has 0 bridgehead atoms. The Kier molecular flexibility index (Phi) is 7.04. The van der Waals surface area contributed by atoms with Crippen LogP contribution in [-0.2, 0) is 18.9 Å². The fourth-order valence-corrected chi connectivity index (χ4v) is 6.37. The summed E-state index contributed by atoms with van der Waals surface area (Å²) in [6.07, 6.45) is 17.8. The molecule has 6 rings (SSSR count). The van der Waals surface area contributed by atoms with Gasteiger partial charge in [-0.2, -0.15) is 0 Å². The molecule has 1 N–H and O–H groups in total. The Balaban J connectivity index is 1.16. The summed E-state index contributed by atoms with van der Waals surface area (Å²) >= 11 is 0. The standard InChI is InChI=1S/C29H38N2O5/c1-33-27-16-21(5-9-26(27)36-28-17-30-12-10-19-4-7-24(19)28)31-13-11-20-15-22(6-8-25(20)29(31)32)35-18-23-3-2-14-34-23/h5,8-9,11,13,15,19,21-24,28,30H,2-4,6-7,10,12,14,16-18H2,1H3. The van der Waals surface area contributed by atoms with Gasteiger partial charge in [0.2, 0.25) is 0 Å². The van der Waals surface area contributed by atoms with Crippen LogP contribution in [0.5, 0.6) is 0 Å². The maximum absolute atomic E-state index is 13.4. The number of pyridine rings is 1. The van der Waals surface area contributed by atoms with Crippen LogP contribution < -0.4 is 21.3 Å². The predicted octanol–water partition coefficient (Wildman–Crippen LogP) is 2.14. The molecule has 1 aromatic heterocycles. The van der Waals surface area contributed by atoms with Crippen molar-refractivity contribution in [2.75, 3.05) is 33.4 Å². The largest absolute Gasteiger partial charge is 0.497 e. The van der Waals surface area contributed by atoms with Crippen LogP contribution in [0.15, 0.2) is 40.7 Å². The second-order valence-corrected chi connectivity index (χ2v) is 10.8. The molecular formula is C29H38N2O5. The van der Waals surface area contributed by atoms with Gasteiger partial charge in [-0.3, -0.25) is 4.79 Å². The molecule has 0 amide bonds. The topological polar surface area (TPSA) is 71.0 Å². The number of hydrogen-bond acceptors (Lipinski definition) is 6. The van der Waals surface area contributed by atoms with Gasteiger partial charge in [0, 0.05) is 31.0 Å². The quantitative estimate of drug-likeness (QED) is 0.627. The van der Waals surface area contributed by atoms with E-state index < -0.39 is 0 Å². The fraction of sp³-hybridized carbons (Fsp3) is 0.621. The highest BCUT2D eigenvalue weighted by molar-refractivity contribution is 5.41. The van der Waals surface area contributed by atoms with Crippen molar-refractivity contribution in [1.82, 2.24) is 9.88 Å². The van der Waals surface area contributed by atoms with Gasteiger partial charge < -0.3 is 28.8 Å². The highest BCUT2D eigenvalue weighted by Crippen LogP contribution is 2.42. The highest BCUT2D eigenvalue weighted by Gasteiger charge is 2.40.